The van der Waals surface area contributed by atoms with Crippen molar-refractivity contribution in [1.82, 2.24) is 9.97 Å². The number of carbonyl (C=O) groups is 4. The van der Waals surface area contributed by atoms with Crippen LogP contribution in [0.1, 0.15) is 24.0 Å². The van der Waals surface area contributed by atoms with E-state index in [1.807, 2.05) is 60.7 Å². The molecule has 11 nitrogen and oxygen atoms in total. The summed E-state index contributed by atoms with van der Waals surface area (Å²) in [6, 6.07) is 29.1. The van der Waals surface area contributed by atoms with E-state index >= 15 is 0 Å². The molecule has 0 unspecified atom stereocenters. The minimum atomic E-state index is -4.81. The van der Waals surface area contributed by atoms with Gasteiger partial charge in [-0.15, -0.1) is 35.8 Å². The van der Waals surface area contributed by atoms with Crippen LogP contribution in [0.25, 0.3) is 22.5 Å². The number of ether oxygens (including phenoxy) is 1. The number of rotatable bonds is 15. The highest BCUT2D eigenvalue weighted by atomic mass is 35.5. The van der Waals surface area contributed by atoms with E-state index in [-0.39, 0.29) is 30.9 Å². The second kappa shape index (κ2) is 21.1. The Labute approximate surface area is 366 Å². The Morgan fingerprint density at radius 3 is 1.66 bits per heavy atom. The Balaban J connectivity index is 0.000000232. The molecule has 0 bridgehead atoms. The van der Waals surface area contributed by atoms with E-state index < -0.39 is 36.0 Å². The molecule has 0 spiro atoms. The van der Waals surface area contributed by atoms with Crippen LogP contribution in [-0.4, -0.2) is 64.4 Å². The molecule has 0 aliphatic rings. The van der Waals surface area contributed by atoms with E-state index in [0.29, 0.717) is 49.2 Å². The molecular formula is C43H37Cl2F3N4O7S2. The SMILES string of the molecule is CN(C(=O)[C@@H](CC(=O)O)Cc1ccccc1)c1nc(-c2cccc(Cl)c2Cl)cs1.CN(C(=O)[C@@H](CC(=O)O)Cc1ccccc1)c1nc(-c2cccc(OC(F)(F)F)c2)cs1. The van der Waals surface area contributed by atoms with Crippen molar-refractivity contribution in [2.75, 3.05) is 23.9 Å². The van der Waals surface area contributed by atoms with Crippen LogP contribution >= 0.6 is 45.9 Å². The quantitative estimate of drug-likeness (QED) is 0.103. The van der Waals surface area contributed by atoms with Crippen molar-refractivity contribution in [3.63, 3.8) is 0 Å². The molecule has 2 atom stereocenters. The molecule has 2 N–H and O–H groups in total. The van der Waals surface area contributed by atoms with Crippen LogP contribution in [0.3, 0.4) is 0 Å². The molecule has 4 aromatic carbocycles. The molecule has 2 heterocycles. The topological polar surface area (TPSA) is 150 Å². The van der Waals surface area contributed by atoms with Crippen LogP contribution in [0.4, 0.5) is 23.4 Å². The summed E-state index contributed by atoms with van der Waals surface area (Å²) < 4.78 is 41.4. The van der Waals surface area contributed by atoms with Crippen LogP contribution < -0.4 is 14.5 Å². The van der Waals surface area contributed by atoms with Crippen LogP contribution in [0.5, 0.6) is 5.75 Å². The first-order valence-electron chi connectivity index (χ1n) is 18.3. The number of carboxylic acid groups (broad SMARTS) is 2. The van der Waals surface area contributed by atoms with Gasteiger partial charge in [-0.05, 0) is 42.2 Å². The van der Waals surface area contributed by atoms with Gasteiger partial charge in [0.15, 0.2) is 10.3 Å². The minimum absolute atomic E-state index is 0.254. The fourth-order valence-electron chi connectivity index (χ4n) is 6.10. The minimum Gasteiger partial charge on any atom is -0.481 e. The molecule has 18 heteroatoms. The maximum atomic E-state index is 13.0. The molecule has 2 aromatic heterocycles. The van der Waals surface area contributed by atoms with Gasteiger partial charge in [0.05, 0.1) is 46.1 Å². The van der Waals surface area contributed by atoms with Gasteiger partial charge in [0.2, 0.25) is 11.8 Å². The Hall–Kier alpha value is -5.81. The summed E-state index contributed by atoms with van der Waals surface area (Å²) in [6.45, 7) is 0. The van der Waals surface area contributed by atoms with Crippen molar-refractivity contribution in [1.29, 1.82) is 0 Å². The van der Waals surface area contributed by atoms with E-state index in [2.05, 4.69) is 14.7 Å². The summed E-state index contributed by atoms with van der Waals surface area (Å²) in [7, 11) is 3.10. The normalized spacial score (nSPS) is 12.0. The first kappa shape index (κ1) is 46.3. The third-order valence-corrected chi connectivity index (χ3v) is 11.7. The number of aliphatic carboxylic acids is 2. The smallest absolute Gasteiger partial charge is 0.481 e. The van der Waals surface area contributed by atoms with Crippen molar-refractivity contribution in [3.8, 4) is 28.3 Å². The van der Waals surface area contributed by atoms with E-state index in [4.69, 9.17) is 23.2 Å². The van der Waals surface area contributed by atoms with E-state index in [1.165, 1.54) is 46.4 Å². The van der Waals surface area contributed by atoms with Crippen LogP contribution in [0, 0.1) is 11.8 Å². The zero-order chi connectivity index (χ0) is 44.3. The number of carboxylic acids is 2. The lowest BCUT2D eigenvalue weighted by Crippen LogP contribution is -2.35. The van der Waals surface area contributed by atoms with Gasteiger partial charge in [0, 0.05) is 36.0 Å². The third-order valence-electron chi connectivity index (χ3n) is 9.00. The Bertz CT molecular complexity index is 2450. The number of hydrogen-bond acceptors (Lipinski definition) is 9. The first-order chi connectivity index (χ1) is 29.0. The zero-order valence-corrected chi connectivity index (χ0v) is 35.5. The number of alkyl halides is 3. The Kier molecular flexibility index (Phi) is 16.0. The number of carbonyl (C=O) groups excluding carboxylic acids is 2. The number of nitrogens with zero attached hydrogens (tertiary/aromatic N) is 4. The highest BCUT2D eigenvalue weighted by molar-refractivity contribution is 7.14. The summed E-state index contributed by atoms with van der Waals surface area (Å²) in [5, 5.41) is 23.5. The number of anilines is 2. The molecule has 0 saturated carbocycles. The van der Waals surface area contributed by atoms with Gasteiger partial charge in [-0.3, -0.25) is 29.0 Å². The van der Waals surface area contributed by atoms with Gasteiger partial charge in [-0.25, -0.2) is 9.97 Å². The molecule has 318 valence electrons. The fraction of sp³-hybridized carbons (Fsp3) is 0.209. The molecule has 0 aliphatic carbocycles. The number of halogens is 5. The molecule has 61 heavy (non-hydrogen) atoms. The average molecular weight is 914 g/mol. The fourth-order valence-corrected chi connectivity index (χ4v) is 8.09. The maximum Gasteiger partial charge on any atom is 0.573 e. The molecule has 0 saturated heterocycles. The predicted octanol–water partition coefficient (Wildman–Crippen LogP) is 10.4. The standard InChI is InChI=1S/C22H19F3N2O4S.C21H18Cl2N2O3S/c1-27(20(30)16(12-19(28)29)10-14-6-3-2-4-7-14)21-26-18(13-32-21)15-8-5-9-17(11-15)31-22(23,24)25;1-25(20(28)14(11-18(26)27)10-13-6-3-2-4-7-13)21-24-17(12-29-21)15-8-5-9-16(22)19(15)23/h2-9,11,13,16H,10,12H2,1H3,(H,28,29);2-9,12,14H,10-11H2,1H3,(H,26,27)/t16-;14-/m11/s1. The first-order valence-corrected chi connectivity index (χ1v) is 20.8. The lowest BCUT2D eigenvalue weighted by atomic mass is 9.95. The van der Waals surface area contributed by atoms with E-state index in [0.717, 1.165) is 22.5 Å². The number of hydrogen-bond donors (Lipinski definition) is 2. The van der Waals surface area contributed by atoms with Crippen molar-refractivity contribution in [2.45, 2.75) is 32.0 Å². The van der Waals surface area contributed by atoms with Crippen LogP contribution in [0.15, 0.2) is 114 Å². The van der Waals surface area contributed by atoms with Gasteiger partial charge < -0.3 is 14.9 Å². The zero-order valence-electron chi connectivity index (χ0n) is 32.4. The monoisotopic (exact) mass is 912 g/mol. The summed E-state index contributed by atoms with van der Waals surface area (Å²) >= 11 is 14.7. The number of amides is 2. The molecule has 6 rings (SSSR count). The van der Waals surface area contributed by atoms with Crippen LogP contribution in [0.2, 0.25) is 10.0 Å². The molecule has 6 aromatic rings. The van der Waals surface area contributed by atoms with Gasteiger partial charge in [-0.1, -0.05) is 108 Å². The third kappa shape index (κ3) is 13.3. The molecular weight excluding hydrogens is 877 g/mol. The van der Waals surface area contributed by atoms with Gasteiger partial charge in [-0.2, -0.15) is 0 Å². The largest absolute Gasteiger partial charge is 0.573 e. The van der Waals surface area contributed by atoms with Crippen LogP contribution in [-0.2, 0) is 32.0 Å². The van der Waals surface area contributed by atoms with Gasteiger partial charge in [0.1, 0.15) is 5.75 Å². The molecule has 0 radical (unpaired) electrons. The summed E-state index contributed by atoms with van der Waals surface area (Å²) in [5.74, 6) is -4.68. The van der Waals surface area contributed by atoms with Gasteiger partial charge >= 0.3 is 18.3 Å². The number of benzene rings is 4. The van der Waals surface area contributed by atoms with Crippen molar-refractivity contribution >= 4 is 79.9 Å². The lowest BCUT2D eigenvalue weighted by Gasteiger charge is -2.21. The van der Waals surface area contributed by atoms with Crippen molar-refractivity contribution in [2.24, 2.45) is 11.8 Å². The maximum absolute atomic E-state index is 13.0. The highest BCUT2D eigenvalue weighted by Crippen LogP contribution is 2.36. The number of thiazole rings is 2. The lowest BCUT2D eigenvalue weighted by molar-refractivity contribution is -0.274. The Morgan fingerprint density at radius 2 is 1.16 bits per heavy atom. The predicted molar refractivity (Wildman–Crippen MR) is 230 cm³/mol. The number of aromatic nitrogens is 2. The Morgan fingerprint density at radius 1 is 0.689 bits per heavy atom. The van der Waals surface area contributed by atoms with E-state index in [9.17, 15) is 42.6 Å². The highest BCUT2D eigenvalue weighted by Gasteiger charge is 2.32. The van der Waals surface area contributed by atoms with Crippen molar-refractivity contribution < 1.29 is 47.3 Å². The average Bonchev–Trinajstić information content (AvgIpc) is 3.92. The van der Waals surface area contributed by atoms with Crippen molar-refractivity contribution in [3.05, 3.63) is 135 Å². The molecule has 0 fully saturated rings. The molecule has 2 amide bonds. The van der Waals surface area contributed by atoms with Gasteiger partial charge in [0.25, 0.3) is 0 Å². The summed E-state index contributed by atoms with van der Waals surface area (Å²) in [5.41, 5.74) is 3.79. The second-order valence-corrected chi connectivity index (χ2v) is 15.9. The molecule has 0 aliphatic heterocycles. The summed E-state index contributed by atoms with van der Waals surface area (Å²) in [4.78, 5) is 60.2. The second-order valence-electron chi connectivity index (χ2n) is 13.5. The van der Waals surface area contributed by atoms with E-state index in [1.54, 1.807) is 42.1 Å². The summed E-state index contributed by atoms with van der Waals surface area (Å²) in [6.07, 6.45) is -4.81.